The van der Waals surface area contributed by atoms with Crippen molar-refractivity contribution in [1.82, 2.24) is 0 Å². The van der Waals surface area contributed by atoms with Crippen molar-refractivity contribution in [3.63, 3.8) is 0 Å². The zero-order valence-corrected chi connectivity index (χ0v) is 39.7. The average molecular weight is 943 g/mol. The van der Waals surface area contributed by atoms with E-state index in [2.05, 4.69) is 94.2 Å². The van der Waals surface area contributed by atoms with Crippen LogP contribution in [0.4, 0.5) is 0 Å². The topological polar surface area (TPSA) is 34.1 Å². The molecule has 4 aromatic rings. The Labute approximate surface area is 373 Å². The van der Waals surface area contributed by atoms with Crippen molar-refractivity contribution >= 4 is 77.7 Å². The number of carbonyl (C=O) groups excluding carboxylic acids is 2. The van der Waals surface area contributed by atoms with Gasteiger partial charge in [-0.25, -0.2) is 0 Å². The van der Waals surface area contributed by atoms with Crippen molar-refractivity contribution in [1.29, 1.82) is 0 Å². The van der Waals surface area contributed by atoms with E-state index in [-0.39, 0.29) is 11.6 Å². The molecule has 0 fully saturated rings. The first-order valence-corrected chi connectivity index (χ1v) is 26.0. The van der Waals surface area contributed by atoms with Crippen molar-refractivity contribution in [3.05, 3.63) is 101 Å². The highest BCUT2D eigenvalue weighted by Crippen LogP contribution is 2.51. The molecule has 1 unspecified atom stereocenters. The lowest BCUT2D eigenvalue weighted by molar-refractivity contribution is -0.119. The molecule has 0 amide bonds. The number of benzene rings is 2. The third kappa shape index (κ3) is 10.4. The largest absolute Gasteiger partial charge is 0.293 e. The van der Waals surface area contributed by atoms with E-state index in [1.807, 2.05) is 6.08 Å². The predicted octanol–water partition coefficient (Wildman–Crippen LogP) is 17.2. The second kappa shape index (κ2) is 21.4. The molecule has 0 saturated heterocycles. The van der Waals surface area contributed by atoms with Crippen molar-refractivity contribution < 1.29 is 9.59 Å². The van der Waals surface area contributed by atoms with E-state index in [0.717, 1.165) is 53.8 Å². The van der Waals surface area contributed by atoms with E-state index in [4.69, 9.17) is 0 Å². The fourth-order valence-corrected chi connectivity index (χ4v) is 13.0. The summed E-state index contributed by atoms with van der Waals surface area (Å²) in [6.45, 7) is 4.56. The Bertz CT molecular complexity index is 2130. The Hall–Kier alpha value is -2.38. The van der Waals surface area contributed by atoms with Gasteiger partial charge in [0.15, 0.2) is 11.6 Å². The first kappa shape index (κ1) is 43.7. The number of fused-ring (bicyclic) bond motifs is 5. The zero-order chi connectivity index (χ0) is 40.4. The summed E-state index contributed by atoms with van der Waals surface area (Å²) in [7, 11) is 0. The number of carbonyl (C=O) groups is 2. The summed E-state index contributed by atoms with van der Waals surface area (Å²) in [5, 5.41) is 0. The fourth-order valence-electron chi connectivity index (χ4n) is 9.59. The third-order valence-corrected chi connectivity index (χ3v) is 16.3. The summed E-state index contributed by atoms with van der Waals surface area (Å²) < 4.78 is 2.29. The van der Waals surface area contributed by atoms with E-state index in [9.17, 15) is 9.59 Å². The lowest BCUT2D eigenvalue weighted by Gasteiger charge is -2.22. The number of unbranched alkanes of at least 4 members (excludes halogenated alkanes) is 18. The van der Waals surface area contributed by atoms with Gasteiger partial charge in [0.2, 0.25) is 0 Å². The third-order valence-electron chi connectivity index (χ3n) is 12.8. The number of ketones is 2. The molecule has 7 rings (SSSR count). The maximum atomic E-state index is 14.5. The fraction of sp³-hybridized carbons (Fsp3) is 0.500. The monoisotopic (exact) mass is 940 g/mol. The molecule has 3 aliphatic rings. The van der Waals surface area contributed by atoms with Crippen LogP contribution in [0.3, 0.4) is 0 Å². The van der Waals surface area contributed by atoms with Gasteiger partial charge in [-0.15, -0.1) is 22.7 Å². The minimum atomic E-state index is -0.510. The number of hydrogen-bond acceptors (Lipinski definition) is 4. The number of thiophene rings is 2. The Kier molecular flexibility index (Phi) is 16.1. The normalized spacial score (nSPS) is 15.6. The van der Waals surface area contributed by atoms with Gasteiger partial charge in [-0.3, -0.25) is 9.59 Å². The number of aryl methyl sites for hydroxylation is 2. The lowest BCUT2D eigenvalue weighted by atomic mass is 9.77. The Morgan fingerprint density at radius 2 is 1.07 bits per heavy atom. The average Bonchev–Trinajstić information content (AvgIpc) is 4.00. The molecular formula is C52H62Br2O2S2. The second-order valence-electron chi connectivity index (χ2n) is 17.1. The van der Waals surface area contributed by atoms with E-state index in [1.54, 1.807) is 22.7 Å². The Morgan fingerprint density at radius 1 is 0.586 bits per heavy atom. The molecule has 308 valence electrons. The van der Waals surface area contributed by atoms with Crippen LogP contribution in [-0.4, -0.2) is 11.6 Å². The standard InChI is InChI=1S/C52H62Br2O2S2/c1-3-5-7-9-11-13-15-17-19-21-23-37-33-45(53)57-51(37)39-27-25-35-29-43-47(41(35)31-39)49(55)44-30-36-26-28-40(32-42(36)48(44)50(43)56)52-38(34-46(54)58-52)24-22-20-18-16-14-12-10-8-6-4-2/h25-29,31-34,47H,3-24,30H2,1-2H3. The van der Waals surface area contributed by atoms with Crippen molar-refractivity contribution in [3.8, 4) is 20.9 Å². The number of Topliss-reactive ketones (excluding diaryl/α,β-unsaturated/α-hetero) is 2. The van der Waals surface area contributed by atoms with Crippen molar-refractivity contribution in [2.45, 2.75) is 167 Å². The number of halogens is 2. The molecule has 6 heteroatoms. The summed E-state index contributed by atoms with van der Waals surface area (Å²) in [4.78, 5) is 31.6. The molecule has 2 aromatic heterocycles. The Morgan fingerprint density at radius 3 is 1.60 bits per heavy atom. The minimum absolute atomic E-state index is 0.0340. The quantitative estimate of drug-likeness (QED) is 0.0656. The van der Waals surface area contributed by atoms with Crippen LogP contribution in [0.5, 0.6) is 0 Å². The lowest BCUT2D eigenvalue weighted by Crippen LogP contribution is -2.26. The molecule has 2 nitrogen and oxygen atoms in total. The van der Waals surface area contributed by atoms with E-state index in [0.29, 0.717) is 23.1 Å². The van der Waals surface area contributed by atoms with Gasteiger partial charge in [-0.1, -0.05) is 154 Å². The van der Waals surface area contributed by atoms with Crippen LogP contribution in [0.15, 0.2) is 67.2 Å². The van der Waals surface area contributed by atoms with Crippen LogP contribution in [0, 0.1) is 0 Å². The van der Waals surface area contributed by atoms with Gasteiger partial charge in [0, 0.05) is 32.9 Å². The molecule has 58 heavy (non-hydrogen) atoms. The highest BCUT2D eigenvalue weighted by molar-refractivity contribution is 9.11. The molecule has 0 aliphatic heterocycles. The smallest absolute Gasteiger partial charge is 0.191 e. The van der Waals surface area contributed by atoms with Crippen molar-refractivity contribution in [2.24, 2.45) is 0 Å². The molecule has 3 aliphatic carbocycles. The van der Waals surface area contributed by atoms with Crippen LogP contribution >= 0.6 is 54.5 Å². The summed E-state index contributed by atoms with van der Waals surface area (Å²) >= 11 is 11.1. The first-order valence-electron chi connectivity index (χ1n) is 22.8. The molecular weight excluding hydrogens is 881 g/mol. The number of rotatable bonds is 24. The number of allylic oxidation sites excluding steroid dienone is 3. The first-order chi connectivity index (χ1) is 28.4. The molecule has 2 aromatic carbocycles. The van der Waals surface area contributed by atoms with Crippen LogP contribution in [-0.2, 0) is 28.9 Å². The molecule has 0 radical (unpaired) electrons. The predicted molar refractivity (Wildman–Crippen MR) is 257 cm³/mol. The SMILES string of the molecule is CCCCCCCCCCCCc1cc(Br)sc1-c1ccc2c(c1)C1=C(C2)C(=O)C2C(=Cc3ccc(-c4sc(Br)cc4CCCCCCCCCCCC)cc32)C1=O. The van der Waals surface area contributed by atoms with E-state index >= 15 is 0 Å². The van der Waals surface area contributed by atoms with Gasteiger partial charge in [0.1, 0.15) is 0 Å². The molecule has 0 bridgehead atoms. The van der Waals surface area contributed by atoms with Gasteiger partial charge in [-0.2, -0.15) is 0 Å². The van der Waals surface area contributed by atoms with Gasteiger partial charge in [-0.05, 0) is 132 Å². The summed E-state index contributed by atoms with van der Waals surface area (Å²) in [5.41, 5.74) is 11.1. The summed E-state index contributed by atoms with van der Waals surface area (Å²) in [5.74, 6) is -0.371. The molecule has 1 atom stereocenters. The second-order valence-corrected chi connectivity index (χ2v) is 22.0. The van der Waals surface area contributed by atoms with Crippen LogP contribution in [0.25, 0.3) is 32.5 Å². The highest BCUT2D eigenvalue weighted by Gasteiger charge is 2.46. The maximum absolute atomic E-state index is 14.5. The molecule has 0 N–H and O–H groups in total. The molecule has 2 heterocycles. The zero-order valence-electron chi connectivity index (χ0n) is 34.9. The number of hydrogen-bond donors (Lipinski definition) is 0. The van der Waals surface area contributed by atoms with Gasteiger partial charge in [0.05, 0.1) is 13.5 Å². The van der Waals surface area contributed by atoms with Gasteiger partial charge in [0.25, 0.3) is 0 Å². The molecule has 0 saturated carbocycles. The highest BCUT2D eigenvalue weighted by atomic mass is 79.9. The van der Waals surface area contributed by atoms with E-state index < -0.39 is 5.92 Å². The summed E-state index contributed by atoms with van der Waals surface area (Å²) in [6, 6.07) is 17.7. The van der Waals surface area contributed by atoms with Crippen LogP contribution in [0.1, 0.15) is 182 Å². The summed E-state index contributed by atoms with van der Waals surface area (Å²) in [6.07, 6.45) is 31.3. The minimum Gasteiger partial charge on any atom is -0.293 e. The van der Waals surface area contributed by atoms with Gasteiger partial charge >= 0.3 is 0 Å². The van der Waals surface area contributed by atoms with Gasteiger partial charge < -0.3 is 0 Å². The van der Waals surface area contributed by atoms with Crippen LogP contribution < -0.4 is 0 Å². The van der Waals surface area contributed by atoms with Crippen molar-refractivity contribution in [2.75, 3.05) is 0 Å². The van der Waals surface area contributed by atoms with E-state index in [1.165, 1.54) is 149 Å². The maximum Gasteiger partial charge on any atom is 0.191 e. The van der Waals surface area contributed by atoms with Crippen LogP contribution in [0.2, 0.25) is 0 Å². The Balaban J connectivity index is 1.00. The molecule has 0 spiro atoms.